The van der Waals surface area contributed by atoms with Crippen LogP contribution in [0.1, 0.15) is 457 Å². The smallest absolute Gasteiger partial charge is 0.305 e. The molecule has 1 amide bonds. The normalized spacial score (nSPS) is 12.6. The van der Waals surface area contributed by atoms with Crippen LogP contribution in [0.3, 0.4) is 0 Å². The number of allylic oxidation sites excluding steroid dienone is 6. The molecule has 6 heteroatoms. The lowest BCUT2D eigenvalue weighted by molar-refractivity contribution is -0.143. The Kier molecular flexibility index (Phi) is 76.8. The van der Waals surface area contributed by atoms with Gasteiger partial charge in [-0.15, -0.1) is 0 Å². The SMILES string of the molecule is CCCCCC/C=C\C/C=C\CCCCCCCC(=O)OCCCCCCCCCCCCCCCCCCCC/C=C\CCCCCCCCCCCCCCCCCCCC(=O)NC(CO)C(O)CCCCCCCCCCCCCCCCCCC. The lowest BCUT2D eigenvalue weighted by Crippen LogP contribution is -2.45. The van der Waals surface area contributed by atoms with Crippen LogP contribution in [0.4, 0.5) is 0 Å². The zero-order valence-corrected chi connectivity index (χ0v) is 60.4. The molecule has 0 saturated heterocycles. The topological polar surface area (TPSA) is 95.9 Å². The standard InChI is InChI=1S/C83H159NO5/c1-3-5-7-9-11-13-15-17-19-44-47-51-55-59-63-67-71-75-81(86)80(79-85)84-82(87)76-72-68-64-60-56-52-48-45-42-40-38-36-34-32-30-28-26-24-22-21-23-25-27-29-31-33-35-37-39-41-43-46-50-54-58-62-66-70-74-78-89-83(88)77-73-69-65-61-57-53-49-20-18-16-14-12-10-8-6-4-2/h14,16,20-22,49,80-81,85-86H,3-13,15,17-19,23-48,50-79H2,1-2H3,(H,84,87)/b16-14-,22-21-,49-20-. The number of rotatable bonds is 77. The Morgan fingerprint density at radius 3 is 0.876 bits per heavy atom. The number of esters is 1. The Labute approximate surface area is 557 Å². The number of unbranched alkanes of at least 4 members (excludes halogenated alkanes) is 60. The van der Waals surface area contributed by atoms with Crippen molar-refractivity contribution in [3.63, 3.8) is 0 Å². The molecule has 0 heterocycles. The van der Waals surface area contributed by atoms with E-state index in [1.807, 2.05) is 0 Å². The Bertz CT molecular complexity index is 1440. The number of nitrogens with one attached hydrogen (secondary N) is 1. The highest BCUT2D eigenvalue weighted by atomic mass is 16.5. The van der Waals surface area contributed by atoms with Gasteiger partial charge in [-0.25, -0.2) is 0 Å². The largest absolute Gasteiger partial charge is 0.466 e. The summed E-state index contributed by atoms with van der Waals surface area (Å²) in [4.78, 5) is 24.6. The van der Waals surface area contributed by atoms with Crippen molar-refractivity contribution in [3.05, 3.63) is 36.5 Å². The minimum Gasteiger partial charge on any atom is -0.466 e. The first-order valence-electron chi connectivity index (χ1n) is 40.7. The zero-order valence-electron chi connectivity index (χ0n) is 60.4. The van der Waals surface area contributed by atoms with Crippen LogP contribution in [0.15, 0.2) is 36.5 Å². The van der Waals surface area contributed by atoms with Crippen molar-refractivity contribution in [2.75, 3.05) is 13.2 Å². The molecular formula is C83H159NO5. The molecule has 89 heavy (non-hydrogen) atoms. The molecule has 2 unspecified atom stereocenters. The first-order chi connectivity index (χ1) is 44.0. The second-order valence-corrected chi connectivity index (χ2v) is 28.1. The van der Waals surface area contributed by atoms with E-state index < -0.39 is 12.1 Å². The number of aliphatic hydroxyl groups is 2. The highest BCUT2D eigenvalue weighted by Gasteiger charge is 2.20. The van der Waals surface area contributed by atoms with E-state index in [-0.39, 0.29) is 18.5 Å². The van der Waals surface area contributed by atoms with Gasteiger partial charge in [0.25, 0.3) is 0 Å². The summed E-state index contributed by atoms with van der Waals surface area (Å²) in [6.07, 6.45) is 103. The summed E-state index contributed by atoms with van der Waals surface area (Å²) in [5, 5.41) is 23.4. The Morgan fingerprint density at radius 2 is 0.562 bits per heavy atom. The molecule has 0 aromatic rings. The van der Waals surface area contributed by atoms with Crippen LogP contribution in [-0.4, -0.2) is 47.4 Å². The molecule has 0 bridgehead atoms. The number of aliphatic hydroxyl groups excluding tert-OH is 2. The van der Waals surface area contributed by atoms with Crippen molar-refractivity contribution in [1.82, 2.24) is 5.32 Å². The average molecular weight is 1250 g/mol. The maximum absolute atomic E-state index is 12.5. The van der Waals surface area contributed by atoms with Crippen LogP contribution in [0, 0.1) is 0 Å². The maximum Gasteiger partial charge on any atom is 0.305 e. The third kappa shape index (κ3) is 75.0. The van der Waals surface area contributed by atoms with Crippen molar-refractivity contribution < 1.29 is 24.5 Å². The van der Waals surface area contributed by atoms with Gasteiger partial charge >= 0.3 is 5.97 Å². The van der Waals surface area contributed by atoms with Gasteiger partial charge in [0.15, 0.2) is 0 Å². The summed E-state index contributed by atoms with van der Waals surface area (Å²) < 4.78 is 5.50. The molecule has 0 saturated carbocycles. The van der Waals surface area contributed by atoms with Crippen molar-refractivity contribution >= 4 is 11.9 Å². The number of hydrogen-bond acceptors (Lipinski definition) is 5. The highest BCUT2D eigenvalue weighted by molar-refractivity contribution is 5.76. The molecule has 0 aromatic carbocycles. The summed E-state index contributed by atoms with van der Waals surface area (Å²) >= 11 is 0. The molecule has 0 spiro atoms. The minimum atomic E-state index is -0.661. The molecule has 0 aromatic heterocycles. The molecule has 2 atom stereocenters. The number of carbonyl (C=O) groups excluding carboxylic acids is 2. The second kappa shape index (κ2) is 78.5. The van der Waals surface area contributed by atoms with Crippen molar-refractivity contribution in [1.29, 1.82) is 0 Å². The van der Waals surface area contributed by atoms with E-state index in [0.29, 0.717) is 25.9 Å². The van der Waals surface area contributed by atoms with Crippen LogP contribution in [0.2, 0.25) is 0 Å². The fourth-order valence-corrected chi connectivity index (χ4v) is 13.0. The van der Waals surface area contributed by atoms with Gasteiger partial charge in [0, 0.05) is 12.8 Å². The maximum atomic E-state index is 12.5. The van der Waals surface area contributed by atoms with E-state index in [4.69, 9.17) is 4.74 Å². The molecule has 0 aliphatic carbocycles. The Morgan fingerprint density at radius 1 is 0.315 bits per heavy atom. The molecule has 0 radical (unpaired) electrons. The fourth-order valence-electron chi connectivity index (χ4n) is 13.0. The van der Waals surface area contributed by atoms with Gasteiger partial charge in [0.1, 0.15) is 0 Å². The van der Waals surface area contributed by atoms with E-state index >= 15 is 0 Å². The highest BCUT2D eigenvalue weighted by Crippen LogP contribution is 2.20. The molecule has 0 aliphatic heterocycles. The lowest BCUT2D eigenvalue weighted by atomic mass is 10.0. The van der Waals surface area contributed by atoms with Crippen molar-refractivity contribution in [2.45, 2.75) is 469 Å². The van der Waals surface area contributed by atoms with Gasteiger partial charge < -0.3 is 20.3 Å². The number of hydrogen-bond donors (Lipinski definition) is 3. The zero-order chi connectivity index (χ0) is 64.2. The van der Waals surface area contributed by atoms with E-state index in [9.17, 15) is 19.8 Å². The summed E-state index contributed by atoms with van der Waals surface area (Å²) in [7, 11) is 0. The first kappa shape index (κ1) is 87.1. The predicted molar refractivity (Wildman–Crippen MR) is 393 cm³/mol. The number of ether oxygens (including phenoxy) is 1. The van der Waals surface area contributed by atoms with Crippen LogP contribution < -0.4 is 5.32 Å². The van der Waals surface area contributed by atoms with Gasteiger partial charge in [-0.3, -0.25) is 9.59 Å². The fraction of sp³-hybridized carbons (Fsp3) is 0.904. The summed E-state index contributed by atoms with van der Waals surface area (Å²) in [5.41, 5.74) is 0. The molecule has 3 N–H and O–H groups in total. The molecule has 526 valence electrons. The van der Waals surface area contributed by atoms with Crippen LogP contribution in [0.25, 0.3) is 0 Å². The van der Waals surface area contributed by atoms with Crippen LogP contribution in [-0.2, 0) is 14.3 Å². The Balaban J connectivity index is 3.32. The van der Waals surface area contributed by atoms with Crippen molar-refractivity contribution in [3.8, 4) is 0 Å². The lowest BCUT2D eigenvalue weighted by Gasteiger charge is -2.22. The molecular weight excluding hydrogens is 1090 g/mol. The monoisotopic (exact) mass is 1250 g/mol. The van der Waals surface area contributed by atoms with Gasteiger partial charge in [0.2, 0.25) is 5.91 Å². The third-order valence-electron chi connectivity index (χ3n) is 19.2. The van der Waals surface area contributed by atoms with Gasteiger partial charge in [0.05, 0.1) is 25.4 Å². The molecule has 6 nitrogen and oxygen atoms in total. The quantitative estimate of drug-likeness (QED) is 0.0320. The van der Waals surface area contributed by atoms with E-state index in [1.54, 1.807) is 0 Å². The average Bonchev–Trinajstić information content (AvgIpc) is 3.63. The Hall–Kier alpha value is -1.92. The minimum absolute atomic E-state index is 0.00960. The molecule has 0 fully saturated rings. The van der Waals surface area contributed by atoms with Gasteiger partial charge in [-0.1, -0.05) is 397 Å². The first-order valence-corrected chi connectivity index (χ1v) is 40.7. The second-order valence-electron chi connectivity index (χ2n) is 28.1. The van der Waals surface area contributed by atoms with Crippen LogP contribution >= 0.6 is 0 Å². The summed E-state index contributed by atoms with van der Waals surface area (Å²) in [6, 6.07) is -0.538. The molecule has 0 rings (SSSR count). The van der Waals surface area contributed by atoms with Gasteiger partial charge in [-0.05, 0) is 83.5 Å². The van der Waals surface area contributed by atoms with Gasteiger partial charge in [-0.2, -0.15) is 0 Å². The number of amides is 1. The van der Waals surface area contributed by atoms with Crippen LogP contribution in [0.5, 0.6) is 0 Å². The van der Waals surface area contributed by atoms with Crippen molar-refractivity contribution in [2.24, 2.45) is 0 Å². The predicted octanol–water partition coefficient (Wildman–Crippen LogP) is 27.0. The van der Waals surface area contributed by atoms with E-state index in [1.165, 1.54) is 372 Å². The summed E-state index contributed by atoms with van der Waals surface area (Å²) in [6.45, 7) is 4.98. The van der Waals surface area contributed by atoms with E-state index in [2.05, 4.69) is 55.6 Å². The summed E-state index contributed by atoms with van der Waals surface area (Å²) in [5.74, 6) is -0.0169. The third-order valence-corrected chi connectivity index (χ3v) is 19.2. The molecule has 0 aliphatic rings. The van der Waals surface area contributed by atoms with E-state index in [0.717, 1.165) is 51.4 Å². The number of carbonyl (C=O) groups is 2.